The van der Waals surface area contributed by atoms with Crippen molar-refractivity contribution in [3.05, 3.63) is 82.3 Å². The molecule has 0 saturated carbocycles. The molecule has 2 aromatic heterocycles. The molecule has 0 aliphatic carbocycles. The van der Waals surface area contributed by atoms with Crippen LogP contribution in [0.1, 0.15) is 11.4 Å². The monoisotopic (exact) mass is 512 g/mol. The summed E-state index contributed by atoms with van der Waals surface area (Å²) in [6.07, 6.45) is 0.0723. The van der Waals surface area contributed by atoms with Crippen molar-refractivity contribution in [1.29, 1.82) is 0 Å². The van der Waals surface area contributed by atoms with E-state index in [1.807, 2.05) is 22.9 Å². The van der Waals surface area contributed by atoms with E-state index < -0.39 is 0 Å². The third-order valence-electron chi connectivity index (χ3n) is 5.89. The second-order valence-corrected chi connectivity index (χ2v) is 10.4. The zero-order valence-electron chi connectivity index (χ0n) is 19.4. The number of rotatable bonds is 8. The topological polar surface area (TPSA) is 41.5 Å². The van der Waals surface area contributed by atoms with E-state index in [0.29, 0.717) is 47.4 Å². The summed E-state index contributed by atoms with van der Waals surface area (Å²) in [6, 6.07) is 13.4. The summed E-state index contributed by atoms with van der Waals surface area (Å²) in [4.78, 5) is 13.9. The summed E-state index contributed by atoms with van der Waals surface area (Å²) in [5.74, 6) is -0.543. The van der Waals surface area contributed by atoms with Crippen molar-refractivity contribution < 1.29 is 13.5 Å². The third-order valence-corrected chi connectivity index (χ3v) is 7.74. The van der Waals surface area contributed by atoms with Crippen LogP contribution in [0.15, 0.2) is 59.3 Å². The van der Waals surface area contributed by atoms with Gasteiger partial charge in [0.2, 0.25) is 0 Å². The lowest BCUT2D eigenvalue weighted by atomic mass is 10.2. The first-order valence-electron chi connectivity index (χ1n) is 11.5. The lowest BCUT2D eigenvalue weighted by molar-refractivity contribution is -0.0381. The van der Waals surface area contributed by atoms with Gasteiger partial charge in [-0.3, -0.25) is 4.90 Å². The zero-order valence-corrected chi connectivity index (χ0v) is 21.0. The van der Waals surface area contributed by atoms with E-state index in [0.717, 1.165) is 24.5 Å². The van der Waals surface area contributed by atoms with Gasteiger partial charge in [0.25, 0.3) is 0 Å². The Morgan fingerprint density at radius 3 is 1.97 bits per heavy atom. The van der Waals surface area contributed by atoms with E-state index in [-0.39, 0.29) is 17.7 Å². The lowest BCUT2D eigenvalue weighted by Crippen LogP contribution is -2.45. The molecule has 35 heavy (non-hydrogen) atoms. The Bertz CT molecular complexity index is 1190. The lowest BCUT2D eigenvalue weighted by Gasteiger charge is -2.33. The molecule has 1 fully saturated rings. The molecule has 182 valence electrons. The number of benzene rings is 2. The quantitative estimate of drug-likeness (QED) is 0.310. The molecular formula is C26H26F2N4OS2. The van der Waals surface area contributed by atoms with Crippen LogP contribution >= 0.6 is 22.7 Å². The van der Waals surface area contributed by atoms with Crippen LogP contribution < -0.4 is 0 Å². The second kappa shape index (κ2) is 11.0. The molecule has 5 nitrogen and oxygen atoms in total. The average Bonchev–Trinajstić information content (AvgIpc) is 3.49. The number of nitrogens with zero attached hydrogens (tertiary/aromatic N) is 4. The molecule has 1 saturated heterocycles. The molecule has 0 bridgehead atoms. The van der Waals surface area contributed by atoms with E-state index in [1.54, 1.807) is 24.3 Å². The van der Waals surface area contributed by atoms with Crippen LogP contribution in [-0.4, -0.2) is 59.2 Å². The average molecular weight is 513 g/mol. The number of morpholine rings is 1. The van der Waals surface area contributed by atoms with E-state index in [4.69, 9.17) is 14.7 Å². The number of ether oxygens (including phenoxy) is 1. The Morgan fingerprint density at radius 1 is 0.914 bits per heavy atom. The Labute approximate surface area is 211 Å². The van der Waals surface area contributed by atoms with Crippen LogP contribution in [0.2, 0.25) is 0 Å². The van der Waals surface area contributed by atoms with Gasteiger partial charge >= 0.3 is 0 Å². The largest absolute Gasteiger partial charge is 0.374 e. The first-order valence-corrected chi connectivity index (χ1v) is 13.2. The van der Waals surface area contributed by atoms with Gasteiger partial charge in [-0.05, 0) is 31.3 Å². The minimum absolute atomic E-state index is 0.0723. The van der Waals surface area contributed by atoms with Crippen LogP contribution in [-0.2, 0) is 17.8 Å². The fraction of sp³-hybridized carbons (Fsp3) is 0.308. The predicted molar refractivity (Wildman–Crippen MR) is 136 cm³/mol. The van der Waals surface area contributed by atoms with Crippen molar-refractivity contribution >= 4 is 22.7 Å². The van der Waals surface area contributed by atoms with Crippen molar-refractivity contribution in [3.63, 3.8) is 0 Å². The van der Waals surface area contributed by atoms with Crippen LogP contribution in [0.25, 0.3) is 21.1 Å². The minimum Gasteiger partial charge on any atom is -0.374 e. The minimum atomic E-state index is -0.271. The van der Waals surface area contributed by atoms with Crippen molar-refractivity contribution in [1.82, 2.24) is 19.8 Å². The summed E-state index contributed by atoms with van der Waals surface area (Å²) in [5.41, 5.74) is 2.78. The SMILES string of the molecule is CN1CCO[C@@H](CN(Cc2csc(-c3ccccc3F)n2)Cc2csc(-c3ccccc3F)n2)C1. The predicted octanol–water partition coefficient (Wildman–Crippen LogP) is 5.54. The molecule has 2 aromatic carbocycles. The molecule has 1 atom stereocenters. The molecular weight excluding hydrogens is 486 g/mol. The normalized spacial score (nSPS) is 16.7. The first kappa shape index (κ1) is 24.1. The second-order valence-electron chi connectivity index (χ2n) is 8.67. The molecule has 0 unspecified atom stereocenters. The third kappa shape index (κ3) is 5.99. The van der Waals surface area contributed by atoms with Crippen molar-refractivity contribution in [2.75, 3.05) is 33.3 Å². The number of hydrogen-bond acceptors (Lipinski definition) is 7. The zero-order chi connectivity index (χ0) is 24.2. The van der Waals surface area contributed by atoms with E-state index in [1.165, 1.54) is 34.8 Å². The van der Waals surface area contributed by atoms with Crippen LogP contribution in [0.5, 0.6) is 0 Å². The summed E-state index contributed by atoms with van der Waals surface area (Å²) in [5, 5.41) is 5.30. The van der Waals surface area contributed by atoms with Gasteiger partial charge in [0.15, 0.2) is 0 Å². The molecule has 4 aromatic rings. The highest BCUT2D eigenvalue weighted by atomic mass is 32.1. The Kier molecular flexibility index (Phi) is 7.60. The van der Waals surface area contributed by atoms with E-state index in [9.17, 15) is 8.78 Å². The smallest absolute Gasteiger partial charge is 0.133 e. The summed E-state index contributed by atoms with van der Waals surface area (Å²) < 4.78 is 34.5. The maximum Gasteiger partial charge on any atom is 0.133 e. The Morgan fingerprint density at radius 2 is 1.46 bits per heavy atom. The summed E-state index contributed by atoms with van der Waals surface area (Å²) in [6.45, 7) is 4.36. The fourth-order valence-corrected chi connectivity index (χ4v) is 5.86. The van der Waals surface area contributed by atoms with E-state index >= 15 is 0 Å². The van der Waals surface area contributed by atoms with Gasteiger partial charge in [0.05, 0.1) is 24.1 Å². The number of thiazole rings is 2. The van der Waals surface area contributed by atoms with Gasteiger partial charge in [0, 0.05) is 54.6 Å². The van der Waals surface area contributed by atoms with Gasteiger partial charge in [0.1, 0.15) is 21.6 Å². The van der Waals surface area contributed by atoms with Gasteiger partial charge in [-0.1, -0.05) is 24.3 Å². The molecule has 5 rings (SSSR count). The van der Waals surface area contributed by atoms with Crippen LogP contribution in [0.3, 0.4) is 0 Å². The maximum absolute atomic E-state index is 14.3. The van der Waals surface area contributed by atoms with Gasteiger partial charge in [-0.25, -0.2) is 18.7 Å². The highest BCUT2D eigenvalue weighted by Gasteiger charge is 2.23. The van der Waals surface area contributed by atoms with Gasteiger partial charge < -0.3 is 9.64 Å². The standard InChI is InChI=1S/C26H26F2N4OS2/c1-31-10-11-33-20(14-31)15-32(12-18-16-34-25(29-18)21-6-2-4-8-23(21)27)13-19-17-35-26(30-19)22-7-3-5-9-24(22)28/h2-9,16-17,20H,10-15H2,1H3/t20-/m1/s1. The summed E-state index contributed by atoms with van der Waals surface area (Å²) >= 11 is 2.88. The van der Waals surface area contributed by atoms with Crippen molar-refractivity contribution in [3.8, 4) is 21.1 Å². The van der Waals surface area contributed by atoms with E-state index in [2.05, 4.69) is 16.8 Å². The fourth-order valence-electron chi connectivity index (χ4n) is 4.18. The highest BCUT2D eigenvalue weighted by molar-refractivity contribution is 7.13. The number of halogens is 2. The molecule has 9 heteroatoms. The Balaban J connectivity index is 1.35. The van der Waals surface area contributed by atoms with Gasteiger partial charge in [-0.2, -0.15) is 0 Å². The molecule has 0 amide bonds. The molecule has 1 aliphatic rings. The van der Waals surface area contributed by atoms with Crippen molar-refractivity contribution in [2.45, 2.75) is 19.2 Å². The molecule has 3 heterocycles. The maximum atomic E-state index is 14.3. The molecule has 0 radical (unpaired) electrons. The van der Waals surface area contributed by atoms with Crippen molar-refractivity contribution in [2.24, 2.45) is 0 Å². The molecule has 1 aliphatic heterocycles. The number of likely N-dealkylation sites (N-methyl/N-ethyl adjacent to an activating group) is 1. The first-order chi connectivity index (χ1) is 17.0. The summed E-state index contributed by atoms with van der Waals surface area (Å²) in [7, 11) is 2.10. The molecule has 0 N–H and O–H groups in total. The highest BCUT2D eigenvalue weighted by Crippen LogP contribution is 2.29. The number of aromatic nitrogens is 2. The van der Waals surface area contributed by atoms with Crippen LogP contribution in [0, 0.1) is 11.6 Å². The van der Waals surface area contributed by atoms with Crippen LogP contribution in [0.4, 0.5) is 8.78 Å². The number of hydrogen-bond donors (Lipinski definition) is 0. The Hall–Kier alpha value is -2.56. The molecule has 0 spiro atoms. The van der Waals surface area contributed by atoms with Gasteiger partial charge in [-0.15, -0.1) is 22.7 Å².